The van der Waals surface area contributed by atoms with Crippen LogP contribution in [0.25, 0.3) is 0 Å². The summed E-state index contributed by atoms with van der Waals surface area (Å²) in [6.45, 7) is 1.09. The zero-order valence-electron chi connectivity index (χ0n) is 20.5. The molecule has 0 aromatic heterocycles. The summed E-state index contributed by atoms with van der Waals surface area (Å²) in [6.07, 6.45) is 30.1. The van der Waals surface area contributed by atoms with Gasteiger partial charge in [0.25, 0.3) is 0 Å². The summed E-state index contributed by atoms with van der Waals surface area (Å²) < 4.78 is 10.7. The van der Waals surface area contributed by atoms with Gasteiger partial charge < -0.3 is 9.47 Å². The highest BCUT2D eigenvalue weighted by molar-refractivity contribution is 5.69. The summed E-state index contributed by atoms with van der Waals surface area (Å²) in [4.78, 5) is 23.5. The molecule has 4 heteroatoms. The zero-order valence-corrected chi connectivity index (χ0v) is 20.5. The lowest BCUT2D eigenvalue weighted by Crippen LogP contribution is -2.05. The highest BCUT2D eigenvalue weighted by atomic mass is 16.5. The topological polar surface area (TPSA) is 52.6 Å². The Kier molecular flexibility index (Phi) is 20.1. The Morgan fingerprint density at radius 2 is 0.719 bits per heavy atom. The second-order valence-corrected chi connectivity index (χ2v) is 8.99. The number of esters is 2. The maximum Gasteiger partial charge on any atom is 0.305 e. The van der Waals surface area contributed by atoms with Crippen LogP contribution in [0.2, 0.25) is 0 Å². The molecule has 184 valence electrons. The summed E-state index contributed by atoms with van der Waals surface area (Å²) in [7, 11) is 0. The monoisotopic (exact) mass is 448 g/mol. The first kappa shape index (κ1) is 28.5. The smallest absolute Gasteiger partial charge is 0.305 e. The maximum atomic E-state index is 11.8. The molecule has 1 aliphatic rings. The molecule has 0 aromatic rings. The first-order valence-corrected chi connectivity index (χ1v) is 13.4. The highest BCUT2D eigenvalue weighted by Crippen LogP contribution is 2.11. The molecule has 32 heavy (non-hydrogen) atoms. The number of carbonyl (C=O) groups is 2. The van der Waals surface area contributed by atoms with Crippen molar-refractivity contribution in [1.29, 1.82) is 0 Å². The van der Waals surface area contributed by atoms with Gasteiger partial charge >= 0.3 is 11.9 Å². The Bertz CT molecular complexity index is 464. The molecule has 0 aliphatic carbocycles. The van der Waals surface area contributed by atoms with Gasteiger partial charge in [0.2, 0.25) is 0 Å². The molecule has 0 saturated heterocycles. The predicted octanol–water partition coefficient (Wildman–Crippen LogP) is 8.00. The first-order valence-electron chi connectivity index (χ1n) is 13.4. The molecule has 0 spiro atoms. The Labute approximate surface area is 197 Å². The minimum absolute atomic E-state index is 0.0338. The fraction of sp³-hybridized carbons (Fsp3) is 0.786. The number of rotatable bonds is 0. The Hall–Kier alpha value is -1.58. The van der Waals surface area contributed by atoms with E-state index in [2.05, 4.69) is 24.3 Å². The molecule has 0 atom stereocenters. The number of carbonyl (C=O) groups excluding carboxylic acids is 2. The molecule has 1 rings (SSSR count). The van der Waals surface area contributed by atoms with E-state index in [0.29, 0.717) is 26.1 Å². The largest absolute Gasteiger partial charge is 0.466 e. The van der Waals surface area contributed by atoms with Crippen molar-refractivity contribution in [2.24, 2.45) is 0 Å². The van der Waals surface area contributed by atoms with Crippen LogP contribution in [0.3, 0.4) is 0 Å². The minimum atomic E-state index is -0.0338. The summed E-state index contributed by atoms with van der Waals surface area (Å²) in [5.41, 5.74) is 0. The summed E-state index contributed by atoms with van der Waals surface area (Å²) >= 11 is 0. The van der Waals surface area contributed by atoms with E-state index in [1.54, 1.807) is 0 Å². The van der Waals surface area contributed by atoms with Crippen LogP contribution in [-0.4, -0.2) is 25.2 Å². The standard InChI is InChI=1S/C28H48O4/c29-27-23-19-15-11-7-3-1-5-9-13-17-21-25-31-28(30)24-20-16-12-8-4-2-6-10-14-18-22-26-32-27/h9-10,13-14H,1-8,11-12,15-26H2. The van der Waals surface area contributed by atoms with Gasteiger partial charge in [0.1, 0.15) is 0 Å². The van der Waals surface area contributed by atoms with E-state index in [-0.39, 0.29) is 11.9 Å². The normalized spacial score (nSPS) is 21.9. The van der Waals surface area contributed by atoms with E-state index in [0.717, 1.165) is 64.2 Å². The summed E-state index contributed by atoms with van der Waals surface area (Å²) in [6, 6.07) is 0. The van der Waals surface area contributed by atoms with Crippen LogP contribution in [0.5, 0.6) is 0 Å². The third-order valence-electron chi connectivity index (χ3n) is 5.89. The third kappa shape index (κ3) is 20.3. The maximum absolute atomic E-state index is 11.8. The third-order valence-corrected chi connectivity index (χ3v) is 5.89. The molecule has 0 bridgehead atoms. The van der Waals surface area contributed by atoms with Crippen molar-refractivity contribution in [3.05, 3.63) is 24.3 Å². The lowest BCUT2D eigenvalue weighted by Gasteiger charge is -2.05. The Morgan fingerprint density at radius 3 is 1.12 bits per heavy atom. The fourth-order valence-corrected chi connectivity index (χ4v) is 3.87. The SMILES string of the molecule is O=C1CCCCCCCCC=CCCCOC(=O)CCCCCCCCC=CCCCO1. The molecule has 4 nitrogen and oxygen atoms in total. The quantitative estimate of drug-likeness (QED) is 0.278. The van der Waals surface area contributed by atoms with Gasteiger partial charge in [0.15, 0.2) is 0 Å². The summed E-state index contributed by atoms with van der Waals surface area (Å²) in [5, 5.41) is 0. The molecule has 0 saturated carbocycles. The number of hydrogen-bond acceptors (Lipinski definition) is 4. The van der Waals surface area contributed by atoms with Crippen LogP contribution in [-0.2, 0) is 19.1 Å². The predicted molar refractivity (Wildman–Crippen MR) is 133 cm³/mol. The molecule has 0 aromatic carbocycles. The van der Waals surface area contributed by atoms with Gasteiger partial charge in [0.05, 0.1) is 13.2 Å². The molecule has 0 fully saturated rings. The average molecular weight is 449 g/mol. The first-order chi connectivity index (χ1) is 15.8. The number of hydrogen-bond donors (Lipinski definition) is 0. The van der Waals surface area contributed by atoms with E-state index in [9.17, 15) is 9.59 Å². The van der Waals surface area contributed by atoms with Gasteiger partial charge in [-0.25, -0.2) is 0 Å². The van der Waals surface area contributed by atoms with Gasteiger partial charge in [-0.2, -0.15) is 0 Å². The van der Waals surface area contributed by atoms with E-state index in [1.807, 2.05) is 0 Å². The van der Waals surface area contributed by atoms with Crippen LogP contribution in [0.1, 0.15) is 128 Å². The van der Waals surface area contributed by atoms with Crippen LogP contribution in [0, 0.1) is 0 Å². The van der Waals surface area contributed by atoms with Crippen molar-refractivity contribution >= 4 is 11.9 Å². The van der Waals surface area contributed by atoms with Crippen molar-refractivity contribution in [3.63, 3.8) is 0 Å². The van der Waals surface area contributed by atoms with E-state index in [4.69, 9.17) is 9.47 Å². The van der Waals surface area contributed by atoms with Crippen molar-refractivity contribution in [2.45, 2.75) is 128 Å². The Morgan fingerprint density at radius 1 is 0.406 bits per heavy atom. The molecule has 1 aliphatic heterocycles. The molecular formula is C28H48O4. The van der Waals surface area contributed by atoms with Crippen LogP contribution in [0.15, 0.2) is 24.3 Å². The number of ether oxygens (including phenoxy) is 2. The Balaban J connectivity index is 2.19. The lowest BCUT2D eigenvalue weighted by atomic mass is 10.1. The van der Waals surface area contributed by atoms with Crippen LogP contribution >= 0.6 is 0 Å². The van der Waals surface area contributed by atoms with Gasteiger partial charge in [-0.05, 0) is 64.2 Å². The van der Waals surface area contributed by atoms with Gasteiger partial charge in [-0.3, -0.25) is 9.59 Å². The fourth-order valence-electron chi connectivity index (χ4n) is 3.87. The molecular weight excluding hydrogens is 400 g/mol. The van der Waals surface area contributed by atoms with Gasteiger partial charge in [-0.1, -0.05) is 75.7 Å². The van der Waals surface area contributed by atoms with E-state index in [1.165, 1.54) is 51.4 Å². The van der Waals surface area contributed by atoms with Crippen molar-refractivity contribution in [2.75, 3.05) is 13.2 Å². The molecule has 0 amide bonds. The number of allylic oxidation sites excluding steroid dienone is 4. The molecule has 0 radical (unpaired) electrons. The van der Waals surface area contributed by atoms with E-state index < -0.39 is 0 Å². The van der Waals surface area contributed by atoms with Gasteiger partial charge in [-0.15, -0.1) is 0 Å². The van der Waals surface area contributed by atoms with Crippen molar-refractivity contribution in [3.8, 4) is 0 Å². The van der Waals surface area contributed by atoms with Crippen molar-refractivity contribution in [1.82, 2.24) is 0 Å². The van der Waals surface area contributed by atoms with Crippen molar-refractivity contribution < 1.29 is 19.1 Å². The minimum Gasteiger partial charge on any atom is -0.466 e. The second kappa shape index (κ2) is 22.6. The number of cyclic esters (lactones) is 2. The lowest BCUT2D eigenvalue weighted by molar-refractivity contribution is -0.144. The molecule has 0 N–H and O–H groups in total. The average Bonchev–Trinajstić information content (AvgIpc) is 2.78. The van der Waals surface area contributed by atoms with Crippen LogP contribution < -0.4 is 0 Å². The molecule has 1 heterocycles. The second-order valence-electron chi connectivity index (χ2n) is 8.99. The van der Waals surface area contributed by atoms with Gasteiger partial charge in [0, 0.05) is 12.8 Å². The van der Waals surface area contributed by atoms with Crippen LogP contribution in [0.4, 0.5) is 0 Å². The molecule has 0 unspecified atom stereocenters. The highest BCUT2D eigenvalue weighted by Gasteiger charge is 2.03. The van der Waals surface area contributed by atoms with E-state index >= 15 is 0 Å². The zero-order chi connectivity index (χ0) is 23.0. The summed E-state index contributed by atoms with van der Waals surface area (Å²) in [5.74, 6) is -0.0675.